The lowest BCUT2D eigenvalue weighted by molar-refractivity contribution is -0.123. The molecule has 2 rings (SSSR count). The molecule has 0 saturated heterocycles. The average molecular weight is 456 g/mol. The largest absolute Gasteiger partial charge is 0.387 e. The Kier molecular flexibility index (Phi) is 9.63. The van der Waals surface area contributed by atoms with Crippen LogP contribution in [0.25, 0.3) is 0 Å². The lowest BCUT2D eigenvalue weighted by Gasteiger charge is -2.29. The molecule has 0 aromatic heterocycles. The van der Waals surface area contributed by atoms with Gasteiger partial charge in [0.2, 0.25) is 5.84 Å². The van der Waals surface area contributed by atoms with Crippen molar-refractivity contribution >= 4 is 22.5 Å². The monoisotopic (exact) mass is 455 g/mol. The van der Waals surface area contributed by atoms with Crippen molar-refractivity contribution in [3.63, 3.8) is 0 Å². The van der Waals surface area contributed by atoms with Gasteiger partial charge in [-0.2, -0.15) is 0 Å². The summed E-state index contributed by atoms with van der Waals surface area (Å²) >= 11 is 0. The smallest absolute Gasteiger partial charge is 0.248 e. The van der Waals surface area contributed by atoms with Gasteiger partial charge < -0.3 is 5.73 Å². The third-order valence-electron chi connectivity index (χ3n) is 6.65. The van der Waals surface area contributed by atoms with E-state index in [1.807, 2.05) is 55.5 Å². The molecule has 0 aliphatic heterocycles. The molecular formula is C26H39N4OS+. The van der Waals surface area contributed by atoms with Gasteiger partial charge in [0.05, 0.1) is 5.41 Å². The van der Waals surface area contributed by atoms with Crippen molar-refractivity contribution < 1.29 is 9.62 Å². The molecule has 0 bridgehead atoms. The van der Waals surface area contributed by atoms with Crippen LogP contribution < -0.4 is 16.9 Å². The molecule has 32 heavy (non-hydrogen) atoms. The number of unbranched alkanes of at least 4 members (excludes halogenated alkanes) is 2. The molecule has 0 aliphatic carbocycles. The normalized spacial score (nSPS) is 15.9. The molecule has 0 spiro atoms. The molecule has 0 radical (unpaired) electrons. The van der Waals surface area contributed by atoms with Crippen molar-refractivity contribution in [2.75, 3.05) is 11.5 Å². The molecule has 5 nitrogen and oxygen atoms in total. The molecular weight excluding hydrogens is 416 g/mol. The number of amidine groups is 2. The van der Waals surface area contributed by atoms with Gasteiger partial charge in [-0.1, -0.05) is 73.5 Å². The van der Waals surface area contributed by atoms with E-state index in [4.69, 9.17) is 22.3 Å². The van der Waals surface area contributed by atoms with E-state index < -0.39 is 16.2 Å². The first-order valence-electron chi connectivity index (χ1n) is 11.4. The number of hydrogen-bond acceptors (Lipinski definition) is 2. The minimum absolute atomic E-state index is 0.183. The number of rotatable bonds is 14. The summed E-state index contributed by atoms with van der Waals surface area (Å²) < 4.78 is 12.5. The maximum absolute atomic E-state index is 12.5. The summed E-state index contributed by atoms with van der Waals surface area (Å²) in [4.78, 5) is 0. The fourth-order valence-electron chi connectivity index (χ4n) is 4.09. The van der Waals surface area contributed by atoms with Crippen LogP contribution in [0.2, 0.25) is 0 Å². The van der Waals surface area contributed by atoms with Gasteiger partial charge in [0.1, 0.15) is 5.84 Å². The van der Waals surface area contributed by atoms with Crippen LogP contribution in [0.1, 0.15) is 63.5 Å². The SMILES string of the molecule is CC(CCCCS(=O)CCCCC(C)(C(N)=[NH2+])c1ccccc1)(C(=N)N)c1ccccc1. The third kappa shape index (κ3) is 6.76. The van der Waals surface area contributed by atoms with Gasteiger partial charge in [-0.05, 0) is 50.7 Å². The minimum Gasteiger partial charge on any atom is -0.387 e. The number of hydrogen-bond donors (Lipinski definition) is 4. The number of benzene rings is 2. The van der Waals surface area contributed by atoms with Crippen LogP contribution in [0.5, 0.6) is 0 Å². The number of nitrogens with one attached hydrogen (secondary N) is 1. The molecule has 6 heteroatoms. The standard InChI is InChI=1S/C26H38N4OS/c1-25(23(27)28,21-13-5-3-6-14-21)17-9-11-19-32(31)20-12-10-18-26(2,24(29)30)22-15-7-4-8-16-22/h3-8,13-16H,9-12,17-20H2,1-2H3,(H3,27,28)(H3,29,30)/p+1. The van der Waals surface area contributed by atoms with E-state index in [2.05, 4.69) is 19.1 Å². The summed E-state index contributed by atoms with van der Waals surface area (Å²) in [6, 6.07) is 20.1. The second-order valence-corrected chi connectivity index (χ2v) is 10.7. The average Bonchev–Trinajstić information content (AvgIpc) is 2.80. The predicted octanol–water partition coefficient (Wildman–Crippen LogP) is 3.04. The fraction of sp³-hybridized carbons (Fsp3) is 0.462. The molecule has 0 aliphatic rings. The zero-order chi connectivity index (χ0) is 23.6. The summed E-state index contributed by atoms with van der Waals surface area (Å²) in [5.74, 6) is 1.99. The summed E-state index contributed by atoms with van der Waals surface area (Å²) in [6.07, 6.45) is 5.19. The minimum atomic E-state index is -0.841. The summed E-state index contributed by atoms with van der Waals surface area (Å²) in [5.41, 5.74) is 13.3. The molecule has 3 atom stereocenters. The Labute approximate surface area is 195 Å². The molecule has 0 amide bonds. The highest BCUT2D eigenvalue weighted by molar-refractivity contribution is 7.84. The Balaban J connectivity index is 1.74. The molecule has 0 fully saturated rings. The van der Waals surface area contributed by atoms with Crippen molar-refractivity contribution in [3.05, 3.63) is 71.8 Å². The van der Waals surface area contributed by atoms with Crippen molar-refractivity contribution in [2.24, 2.45) is 11.5 Å². The molecule has 2 aromatic carbocycles. The first kappa shape index (κ1) is 25.8. The van der Waals surface area contributed by atoms with E-state index >= 15 is 0 Å². The van der Waals surface area contributed by atoms with Crippen LogP contribution in [0.3, 0.4) is 0 Å². The summed E-state index contributed by atoms with van der Waals surface area (Å²) in [7, 11) is -0.841. The molecule has 2 aromatic rings. The fourth-order valence-corrected chi connectivity index (χ4v) is 5.34. The zero-order valence-electron chi connectivity index (χ0n) is 19.5. The Hall–Kier alpha value is -2.47. The van der Waals surface area contributed by atoms with Crippen LogP contribution in [0.15, 0.2) is 60.7 Å². The van der Waals surface area contributed by atoms with E-state index in [0.717, 1.165) is 49.7 Å². The molecule has 3 unspecified atom stereocenters. The van der Waals surface area contributed by atoms with E-state index in [1.165, 1.54) is 0 Å². The van der Waals surface area contributed by atoms with Gasteiger partial charge in [-0.3, -0.25) is 20.8 Å². The van der Waals surface area contributed by atoms with Gasteiger partial charge in [-0.15, -0.1) is 0 Å². The van der Waals surface area contributed by atoms with Gasteiger partial charge in [0.15, 0.2) is 0 Å². The first-order valence-corrected chi connectivity index (χ1v) is 12.9. The quantitative estimate of drug-likeness (QED) is 0.199. The predicted molar refractivity (Wildman–Crippen MR) is 136 cm³/mol. The maximum atomic E-state index is 12.5. The Morgan fingerprint density at radius 1 is 0.812 bits per heavy atom. The van der Waals surface area contributed by atoms with Gasteiger partial charge in [-0.25, -0.2) is 0 Å². The highest BCUT2D eigenvalue weighted by Crippen LogP contribution is 2.30. The summed E-state index contributed by atoms with van der Waals surface area (Å²) in [5, 5.41) is 14.1. The Morgan fingerprint density at radius 3 is 1.62 bits per heavy atom. The van der Waals surface area contributed by atoms with Gasteiger partial charge >= 0.3 is 0 Å². The second kappa shape index (κ2) is 12.0. The van der Waals surface area contributed by atoms with Crippen LogP contribution in [-0.2, 0) is 21.6 Å². The van der Waals surface area contributed by atoms with Crippen molar-refractivity contribution in [1.82, 2.24) is 0 Å². The highest BCUT2D eigenvalue weighted by atomic mass is 32.2. The van der Waals surface area contributed by atoms with Crippen molar-refractivity contribution in [1.29, 1.82) is 5.41 Å². The Morgan fingerprint density at radius 2 is 1.22 bits per heavy atom. The van der Waals surface area contributed by atoms with Gasteiger partial charge in [0.25, 0.3) is 0 Å². The van der Waals surface area contributed by atoms with E-state index in [-0.39, 0.29) is 11.3 Å². The van der Waals surface area contributed by atoms with E-state index in [0.29, 0.717) is 17.3 Å². The molecule has 0 saturated carbocycles. The first-order chi connectivity index (χ1) is 15.2. The third-order valence-corrected chi connectivity index (χ3v) is 8.14. The van der Waals surface area contributed by atoms with Gasteiger partial charge in [0, 0.05) is 27.7 Å². The van der Waals surface area contributed by atoms with E-state index in [9.17, 15) is 4.21 Å². The van der Waals surface area contributed by atoms with E-state index in [1.54, 1.807) is 0 Å². The molecule has 174 valence electrons. The maximum Gasteiger partial charge on any atom is 0.248 e. The zero-order valence-corrected chi connectivity index (χ0v) is 20.3. The molecule has 0 heterocycles. The second-order valence-electron chi connectivity index (χ2n) is 9.03. The van der Waals surface area contributed by atoms with Crippen LogP contribution in [0.4, 0.5) is 0 Å². The highest BCUT2D eigenvalue weighted by Gasteiger charge is 2.33. The lowest BCUT2D eigenvalue weighted by Crippen LogP contribution is -2.57. The Bertz CT molecular complexity index is 829. The van der Waals surface area contributed by atoms with Crippen LogP contribution in [0, 0.1) is 5.41 Å². The van der Waals surface area contributed by atoms with Crippen LogP contribution in [-0.4, -0.2) is 27.4 Å². The van der Waals surface area contributed by atoms with Crippen LogP contribution >= 0.6 is 0 Å². The summed E-state index contributed by atoms with van der Waals surface area (Å²) in [6.45, 7) is 4.10. The van der Waals surface area contributed by atoms with Crippen molar-refractivity contribution in [3.8, 4) is 0 Å². The van der Waals surface area contributed by atoms with Crippen molar-refractivity contribution in [2.45, 2.75) is 63.2 Å². The molecule has 7 N–H and O–H groups in total. The number of nitrogens with two attached hydrogens (primary N) is 3. The topological polar surface area (TPSA) is 119 Å². The lowest BCUT2D eigenvalue weighted by atomic mass is 9.77.